The molecular formula is C18H24N4O4S. The van der Waals surface area contributed by atoms with Crippen molar-refractivity contribution in [1.29, 1.82) is 0 Å². The number of ether oxygens (including phenoxy) is 2. The summed E-state index contributed by atoms with van der Waals surface area (Å²) in [6.45, 7) is 0.519. The highest BCUT2D eigenvalue weighted by molar-refractivity contribution is 7.91. The highest BCUT2D eigenvalue weighted by atomic mass is 32.2. The van der Waals surface area contributed by atoms with Crippen LogP contribution in [-0.2, 0) is 16.4 Å². The molecule has 1 aromatic heterocycles. The molecule has 0 amide bonds. The van der Waals surface area contributed by atoms with Crippen molar-refractivity contribution in [2.75, 3.05) is 43.0 Å². The van der Waals surface area contributed by atoms with E-state index in [0.717, 1.165) is 5.56 Å². The minimum atomic E-state index is -2.94. The van der Waals surface area contributed by atoms with Crippen molar-refractivity contribution in [2.45, 2.75) is 19.0 Å². The smallest absolute Gasteiger partial charge is 0.224 e. The maximum Gasteiger partial charge on any atom is 0.224 e. The minimum absolute atomic E-state index is 0.0522. The van der Waals surface area contributed by atoms with E-state index in [4.69, 9.17) is 9.47 Å². The van der Waals surface area contributed by atoms with Crippen molar-refractivity contribution in [3.8, 4) is 11.5 Å². The zero-order valence-corrected chi connectivity index (χ0v) is 16.5. The first-order valence-corrected chi connectivity index (χ1v) is 10.4. The Bertz CT molecular complexity index is 904. The molecule has 2 heterocycles. The predicted molar refractivity (Wildman–Crippen MR) is 104 cm³/mol. The summed E-state index contributed by atoms with van der Waals surface area (Å²) in [4.78, 5) is 10.7. The van der Waals surface area contributed by atoms with Crippen LogP contribution in [0.5, 0.6) is 11.5 Å². The molecule has 9 heteroatoms. The number of aromatic nitrogens is 2. The highest BCUT2D eigenvalue weighted by Gasteiger charge is 2.31. The van der Waals surface area contributed by atoms with E-state index in [-0.39, 0.29) is 17.5 Å². The largest absolute Gasteiger partial charge is 0.493 e. The third-order valence-electron chi connectivity index (χ3n) is 4.66. The van der Waals surface area contributed by atoms with E-state index in [2.05, 4.69) is 15.3 Å². The molecule has 0 radical (unpaired) electrons. The summed E-state index contributed by atoms with van der Waals surface area (Å²) >= 11 is 0. The standard InChI is InChI=1S/C18H24N4O4S/c1-22(14-7-9-27(23,24)12-14)17-6-8-19-18(21-17)20-11-13-4-5-15(25-2)16(10-13)26-3/h4-6,8,10,14H,7,9,11-12H2,1-3H3,(H,19,20,21). The summed E-state index contributed by atoms with van der Waals surface area (Å²) in [5, 5.41) is 3.19. The lowest BCUT2D eigenvalue weighted by Crippen LogP contribution is -2.33. The van der Waals surface area contributed by atoms with Gasteiger partial charge in [0.1, 0.15) is 5.82 Å². The van der Waals surface area contributed by atoms with Crippen LogP contribution < -0.4 is 19.7 Å². The van der Waals surface area contributed by atoms with Crippen LogP contribution in [0.15, 0.2) is 30.5 Å². The van der Waals surface area contributed by atoms with E-state index in [1.54, 1.807) is 26.5 Å². The molecule has 1 fully saturated rings. The maximum atomic E-state index is 11.7. The van der Waals surface area contributed by atoms with Crippen molar-refractivity contribution in [3.05, 3.63) is 36.0 Å². The molecule has 0 bridgehead atoms. The van der Waals surface area contributed by atoms with Gasteiger partial charge in [-0.05, 0) is 30.2 Å². The van der Waals surface area contributed by atoms with Gasteiger partial charge in [-0.25, -0.2) is 13.4 Å². The Balaban J connectivity index is 1.67. The summed E-state index contributed by atoms with van der Waals surface area (Å²) in [6.07, 6.45) is 2.29. The monoisotopic (exact) mass is 392 g/mol. The molecule has 0 aliphatic carbocycles. The van der Waals surface area contributed by atoms with Gasteiger partial charge in [0.2, 0.25) is 5.95 Å². The average molecular weight is 392 g/mol. The summed E-state index contributed by atoms with van der Waals surface area (Å²) < 4.78 is 34.0. The minimum Gasteiger partial charge on any atom is -0.493 e. The Kier molecular flexibility index (Phi) is 5.69. The van der Waals surface area contributed by atoms with Crippen molar-refractivity contribution < 1.29 is 17.9 Å². The van der Waals surface area contributed by atoms with Crippen LogP contribution in [0, 0.1) is 0 Å². The topological polar surface area (TPSA) is 93.7 Å². The van der Waals surface area contributed by atoms with Crippen LogP contribution in [0.3, 0.4) is 0 Å². The number of nitrogens with one attached hydrogen (secondary N) is 1. The maximum absolute atomic E-state index is 11.7. The normalized spacial score (nSPS) is 18.1. The van der Waals surface area contributed by atoms with E-state index in [1.807, 2.05) is 30.1 Å². The number of benzene rings is 1. The Hall–Kier alpha value is -2.55. The van der Waals surface area contributed by atoms with Crippen LogP contribution >= 0.6 is 0 Å². The number of hydrogen-bond acceptors (Lipinski definition) is 8. The second-order valence-corrected chi connectivity index (χ2v) is 8.68. The molecule has 27 heavy (non-hydrogen) atoms. The molecular weight excluding hydrogens is 368 g/mol. The lowest BCUT2D eigenvalue weighted by molar-refractivity contribution is 0.354. The van der Waals surface area contributed by atoms with Gasteiger partial charge in [0.25, 0.3) is 0 Å². The number of rotatable bonds is 7. The van der Waals surface area contributed by atoms with Crippen LogP contribution in [-0.4, -0.2) is 57.2 Å². The quantitative estimate of drug-likeness (QED) is 0.761. The van der Waals surface area contributed by atoms with Crippen molar-refractivity contribution in [2.24, 2.45) is 0 Å². The third-order valence-corrected chi connectivity index (χ3v) is 6.41. The van der Waals surface area contributed by atoms with Crippen molar-refractivity contribution in [1.82, 2.24) is 9.97 Å². The Labute approximate surface area is 159 Å². The second kappa shape index (κ2) is 7.99. The van der Waals surface area contributed by atoms with Gasteiger partial charge in [0, 0.05) is 25.8 Å². The van der Waals surface area contributed by atoms with Gasteiger partial charge in [-0.3, -0.25) is 0 Å². The van der Waals surface area contributed by atoms with Gasteiger partial charge >= 0.3 is 0 Å². The van der Waals surface area contributed by atoms with Gasteiger partial charge in [-0.1, -0.05) is 6.07 Å². The first-order chi connectivity index (χ1) is 12.9. The first-order valence-electron chi connectivity index (χ1n) is 8.63. The van der Waals surface area contributed by atoms with Crippen molar-refractivity contribution >= 4 is 21.6 Å². The molecule has 1 aliphatic heterocycles. The first kappa shape index (κ1) is 19.2. The Morgan fingerprint density at radius 2 is 2.00 bits per heavy atom. The van der Waals surface area contributed by atoms with Gasteiger partial charge in [-0.15, -0.1) is 0 Å². The number of nitrogens with zero attached hydrogens (tertiary/aromatic N) is 3. The van der Waals surface area contributed by atoms with Gasteiger partial charge in [0.15, 0.2) is 21.3 Å². The van der Waals surface area contributed by atoms with E-state index in [0.29, 0.717) is 36.2 Å². The van der Waals surface area contributed by atoms with Gasteiger partial charge in [-0.2, -0.15) is 4.98 Å². The van der Waals surface area contributed by atoms with E-state index < -0.39 is 9.84 Å². The lowest BCUT2D eigenvalue weighted by atomic mass is 10.2. The number of methoxy groups -OCH3 is 2. The summed E-state index contributed by atoms with van der Waals surface area (Å²) in [6, 6.07) is 7.41. The molecule has 1 saturated heterocycles. The van der Waals surface area contributed by atoms with Crippen LogP contribution in [0.25, 0.3) is 0 Å². The lowest BCUT2D eigenvalue weighted by Gasteiger charge is -2.24. The molecule has 0 spiro atoms. The summed E-state index contributed by atoms with van der Waals surface area (Å²) in [5.74, 6) is 2.91. The molecule has 1 unspecified atom stereocenters. The second-order valence-electron chi connectivity index (χ2n) is 6.45. The number of anilines is 2. The van der Waals surface area contributed by atoms with Gasteiger partial charge in [0.05, 0.1) is 25.7 Å². The van der Waals surface area contributed by atoms with E-state index in [1.165, 1.54) is 0 Å². The molecule has 1 atom stereocenters. The highest BCUT2D eigenvalue weighted by Crippen LogP contribution is 2.28. The molecule has 1 aliphatic rings. The molecule has 8 nitrogen and oxygen atoms in total. The molecule has 1 aromatic carbocycles. The van der Waals surface area contributed by atoms with E-state index in [9.17, 15) is 8.42 Å². The van der Waals surface area contributed by atoms with E-state index >= 15 is 0 Å². The zero-order chi connectivity index (χ0) is 19.4. The Morgan fingerprint density at radius 3 is 2.67 bits per heavy atom. The molecule has 146 valence electrons. The fourth-order valence-electron chi connectivity index (χ4n) is 3.07. The zero-order valence-electron chi connectivity index (χ0n) is 15.7. The number of sulfone groups is 1. The summed E-state index contributed by atoms with van der Waals surface area (Å²) in [7, 11) is 2.12. The molecule has 2 aromatic rings. The fraction of sp³-hybridized carbons (Fsp3) is 0.444. The molecule has 1 N–H and O–H groups in total. The SMILES string of the molecule is COc1ccc(CNc2nccc(N(C)C3CCS(=O)(=O)C3)n2)cc1OC. The molecule has 0 saturated carbocycles. The molecule has 3 rings (SSSR count). The predicted octanol–water partition coefficient (Wildman–Crippen LogP) is 1.73. The number of hydrogen-bond donors (Lipinski definition) is 1. The third kappa shape index (κ3) is 4.60. The average Bonchev–Trinajstić information content (AvgIpc) is 3.05. The van der Waals surface area contributed by atoms with Crippen LogP contribution in [0.1, 0.15) is 12.0 Å². The van der Waals surface area contributed by atoms with Crippen molar-refractivity contribution in [3.63, 3.8) is 0 Å². The summed E-state index contributed by atoms with van der Waals surface area (Å²) in [5.41, 5.74) is 0.997. The Morgan fingerprint density at radius 1 is 1.22 bits per heavy atom. The fourth-order valence-corrected chi connectivity index (χ4v) is 4.84. The van der Waals surface area contributed by atoms with Crippen LogP contribution in [0.2, 0.25) is 0 Å². The van der Waals surface area contributed by atoms with Gasteiger partial charge < -0.3 is 19.7 Å². The van der Waals surface area contributed by atoms with Crippen LogP contribution in [0.4, 0.5) is 11.8 Å².